The van der Waals surface area contributed by atoms with Crippen LogP contribution in [0.5, 0.6) is 0 Å². The number of nitrogens with zero attached hydrogens (tertiary/aromatic N) is 5. The van der Waals surface area contributed by atoms with Gasteiger partial charge in [0.05, 0.1) is 35.8 Å². The molecule has 0 saturated heterocycles. The molecule has 0 aliphatic heterocycles. The monoisotopic (exact) mass is 311 g/mol. The molecule has 0 aliphatic rings. The van der Waals surface area contributed by atoms with Crippen LogP contribution in [0.15, 0.2) is 28.2 Å². The predicted molar refractivity (Wildman–Crippen MR) is 73.4 cm³/mol. The second-order valence-corrected chi connectivity index (χ2v) is 4.45. The lowest BCUT2D eigenvalue weighted by Gasteiger charge is -2.08. The van der Waals surface area contributed by atoms with Crippen molar-refractivity contribution in [1.82, 2.24) is 19.1 Å². The molecular formula is C11H10ClN5O4. The van der Waals surface area contributed by atoms with Crippen LogP contribution in [-0.2, 0) is 13.1 Å². The molecule has 2 heterocycles. The summed E-state index contributed by atoms with van der Waals surface area (Å²) in [6.07, 6.45) is 3.50. The molecule has 0 amide bonds. The lowest BCUT2D eigenvalue weighted by Crippen LogP contribution is -2.40. The van der Waals surface area contributed by atoms with Gasteiger partial charge in [-0.3, -0.25) is 24.5 Å². The standard InChI is InChI=1S/C11H10ClN5O4/c1-2-15-6-8(17(20)21)10(18)16(11(15)19)5-7-3-14-9(12)4-13-7/h3-4,6H,2,5H2,1H3. The van der Waals surface area contributed by atoms with Crippen molar-refractivity contribution in [2.45, 2.75) is 20.0 Å². The second kappa shape index (κ2) is 5.83. The minimum atomic E-state index is -0.980. The Labute approximate surface area is 122 Å². The zero-order chi connectivity index (χ0) is 15.6. The van der Waals surface area contributed by atoms with Crippen molar-refractivity contribution in [3.63, 3.8) is 0 Å². The summed E-state index contributed by atoms with van der Waals surface area (Å²) in [5.74, 6) is 0. The van der Waals surface area contributed by atoms with Gasteiger partial charge in [-0.15, -0.1) is 0 Å². The first-order valence-corrected chi connectivity index (χ1v) is 6.27. The van der Waals surface area contributed by atoms with Crippen LogP contribution in [0.25, 0.3) is 0 Å². The highest BCUT2D eigenvalue weighted by Crippen LogP contribution is 2.04. The number of aryl methyl sites for hydroxylation is 1. The topological polar surface area (TPSA) is 113 Å². The third-order valence-corrected chi connectivity index (χ3v) is 2.95. The first kappa shape index (κ1) is 14.9. The van der Waals surface area contributed by atoms with Crippen molar-refractivity contribution in [3.05, 3.63) is 60.4 Å². The van der Waals surface area contributed by atoms with Gasteiger partial charge < -0.3 is 0 Å². The number of hydrogen-bond donors (Lipinski definition) is 0. The van der Waals surface area contributed by atoms with Crippen LogP contribution in [0, 0.1) is 10.1 Å². The molecule has 0 unspecified atom stereocenters. The molecule has 2 rings (SSSR count). The van der Waals surface area contributed by atoms with E-state index >= 15 is 0 Å². The Morgan fingerprint density at radius 2 is 2.05 bits per heavy atom. The molecule has 0 aliphatic carbocycles. The van der Waals surface area contributed by atoms with Gasteiger partial charge in [-0.1, -0.05) is 11.6 Å². The van der Waals surface area contributed by atoms with Crippen LogP contribution in [0.1, 0.15) is 12.6 Å². The molecule has 0 fully saturated rings. The maximum absolute atomic E-state index is 12.1. The number of aromatic nitrogens is 4. The van der Waals surface area contributed by atoms with Crippen molar-refractivity contribution in [2.75, 3.05) is 0 Å². The summed E-state index contributed by atoms with van der Waals surface area (Å²) in [4.78, 5) is 41.9. The first-order chi connectivity index (χ1) is 9.93. The lowest BCUT2D eigenvalue weighted by molar-refractivity contribution is -0.387. The molecule has 0 aromatic carbocycles. The summed E-state index contributed by atoms with van der Waals surface area (Å²) in [6.45, 7) is 1.62. The largest absolute Gasteiger partial charge is 0.350 e. The zero-order valence-electron chi connectivity index (χ0n) is 10.9. The van der Waals surface area contributed by atoms with Crippen molar-refractivity contribution in [3.8, 4) is 0 Å². The third kappa shape index (κ3) is 2.97. The van der Waals surface area contributed by atoms with Gasteiger partial charge >= 0.3 is 16.9 Å². The summed E-state index contributed by atoms with van der Waals surface area (Å²) in [5, 5.41) is 11.0. The van der Waals surface area contributed by atoms with Gasteiger partial charge in [-0.2, -0.15) is 0 Å². The molecule has 9 nitrogen and oxygen atoms in total. The van der Waals surface area contributed by atoms with Crippen LogP contribution in [0.4, 0.5) is 5.69 Å². The van der Waals surface area contributed by atoms with E-state index in [4.69, 9.17) is 11.6 Å². The van der Waals surface area contributed by atoms with E-state index in [1.165, 1.54) is 12.4 Å². The van der Waals surface area contributed by atoms with Gasteiger partial charge in [0.2, 0.25) is 0 Å². The average molecular weight is 312 g/mol. The Morgan fingerprint density at radius 3 is 2.57 bits per heavy atom. The van der Waals surface area contributed by atoms with Crippen LogP contribution >= 0.6 is 11.6 Å². The molecule has 10 heteroatoms. The van der Waals surface area contributed by atoms with Crippen molar-refractivity contribution in [2.24, 2.45) is 0 Å². The highest BCUT2D eigenvalue weighted by atomic mass is 35.5. The van der Waals surface area contributed by atoms with Gasteiger partial charge in [-0.05, 0) is 6.92 Å². The molecule has 2 aromatic heterocycles. The van der Waals surface area contributed by atoms with E-state index < -0.39 is 21.9 Å². The zero-order valence-corrected chi connectivity index (χ0v) is 11.6. The fourth-order valence-electron chi connectivity index (χ4n) is 1.71. The van der Waals surface area contributed by atoms with Crippen LogP contribution in [0.2, 0.25) is 5.15 Å². The fourth-order valence-corrected chi connectivity index (χ4v) is 1.81. The molecular weight excluding hydrogens is 302 g/mol. The Hall–Kier alpha value is -2.55. The minimum Gasteiger partial charge on any atom is -0.294 e. The quantitative estimate of drug-likeness (QED) is 0.597. The van der Waals surface area contributed by atoms with Gasteiger partial charge in [0.15, 0.2) is 0 Å². The maximum Gasteiger partial charge on any atom is 0.350 e. The van der Waals surface area contributed by atoms with E-state index in [-0.39, 0.29) is 18.2 Å². The van der Waals surface area contributed by atoms with Gasteiger partial charge in [-0.25, -0.2) is 14.3 Å². The Bertz CT molecular complexity index is 796. The van der Waals surface area contributed by atoms with E-state index in [9.17, 15) is 19.7 Å². The Kier molecular flexibility index (Phi) is 4.13. The summed E-state index contributed by atoms with van der Waals surface area (Å²) in [7, 11) is 0. The molecule has 0 saturated carbocycles. The number of rotatable bonds is 4. The molecule has 0 N–H and O–H groups in total. The third-order valence-electron chi connectivity index (χ3n) is 2.75. The van der Waals surface area contributed by atoms with Crippen LogP contribution in [-0.4, -0.2) is 24.0 Å². The van der Waals surface area contributed by atoms with Crippen LogP contribution < -0.4 is 11.2 Å². The van der Waals surface area contributed by atoms with Crippen molar-refractivity contribution < 1.29 is 4.92 Å². The van der Waals surface area contributed by atoms with Gasteiger partial charge in [0, 0.05) is 6.54 Å². The highest BCUT2D eigenvalue weighted by Gasteiger charge is 2.19. The van der Waals surface area contributed by atoms with Crippen molar-refractivity contribution in [1.29, 1.82) is 0 Å². The van der Waals surface area contributed by atoms with Crippen LogP contribution in [0.3, 0.4) is 0 Å². The predicted octanol–water partition coefficient (Wildman–Crippen LogP) is 0.430. The van der Waals surface area contributed by atoms with E-state index in [0.29, 0.717) is 5.69 Å². The molecule has 21 heavy (non-hydrogen) atoms. The highest BCUT2D eigenvalue weighted by molar-refractivity contribution is 6.29. The van der Waals surface area contributed by atoms with Crippen molar-refractivity contribution >= 4 is 17.3 Å². The van der Waals surface area contributed by atoms with Gasteiger partial charge in [0.25, 0.3) is 0 Å². The second-order valence-electron chi connectivity index (χ2n) is 4.06. The summed E-state index contributed by atoms with van der Waals surface area (Å²) in [6, 6.07) is 0. The molecule has 2 aromatic rings. The van der Waals surface area contributed by atoms with E-state index in [0.717, 1.165) is 15.3 Å². The van der Waals surface area contributed by atoms with E-state index in [2.05, 4.69) is 9.97 Å². The van der Waals surface area contributed by atoms with E-state index in [1.807, 2.05) is 0 Å². The fraction of sp³-hybridized carbons (Fsp3) is 0.273. The Morgan fingerprint density at radius 1 is 1.33 bits per heavy atom. The number of halogens is 1. The SMILES string of the molecule is CCn1cc([N+](=O)[O-])c(=O)n(Cc2cnc(Cl)cn2)c1=O. The molecule has 110 valence electrons. The summed E-state index contributed by atoms with van der Waals surface area (Å²) >= 11 is 5.59. The lowest BCUT2D eigenvalue weighted by atomic mass is 10.4. The van der Waals surface area contributed by atoms with Gasteiger partial charge in [0.1, 0.15) is 5.15 Å². The maximum atomic E-state index is 12.1. The molecule has 0 bridgehead atoms. The van der Waals surface area contributed by atoms with E-state index in [1.54, 1.807) is 6.92 Å². The number of hydrogen-bond acceptors (Lipinski definition) is 6. The minimum absolute atomic E-state index is 0.163. The smallest absolute Gasteiger partial charge is 0.294 e. The summed E-state index contributed by atoms with van der Waals surface area (Å²) in [5.41, 5.74) is -2.00. The summed E-state index contributed by atoms with van der Waals surface area (Å²) < 4.78 is 1.84. The molecule has 0 atom stereocenters. The molecule has 0 spiro atoms. The molecule has 0 radical (unpaired) electrons. The average Bonchev–Trinajstić information content (AvgIpc) is 2.45. The Balaban J connectivity index is 2.59. The number of nitro groups is 1. The first-order valence-electron chi connectivity index (χ1n) is 5.89. The normalized spacial score (nSPS) is 10.6.